The number of nitrogens with zero attached hydrogens (tertiary/aromatic N) is 1. The Morgan fingerprint density at radius 2 is 1.80 bits per heavy atom. The summed E-state index contributed by atoms with van der Waals surface area (Å²) in [6.45, 7) is 0. The lowest BCUT2D eigenvalue weighted by Gasteiger charge is -2.23. The van der Waals surface area contributed by atoms with Gasteiger partial charge in [0.2, 0.25) is 5.78 Å². The molecule has 0 amide bonds. The van der Waals surface area contributed by atoms with E-state index >= 15 is 0 Å². The smallest absolute Gasteiger partial charge is 0.253 e. The molecule has 0 N–H and O–H groups in total. The van der Waals surface area contributed by atoms with Gasteiger partial charge >= 0.3 is 0 Å². The molecular weight excluding hydrogens is 198 g/mol. The molecule has 82 valence electrons. The van der Waals surface area contributed by atoms with Gasteiger partial charge in [-0.15, -0.1) is 0 Å². The van der Waals surface area contributed by atoms with Crippen LogP contribution in [0.1, 0.15) is 0 Å². The van der Waals surface area contributed by atoms with Crippen LogP contribution in [0, 0.1) is 0 Å². The lowest BCUT2D eigenvalue weighted by Crippen LogP contribution is -2.39. The first-order chi connectivity index (χ1) is 7.18. The molecule has 0 atom stereocenters. The molecule has 0 aromatic rings. The van der Waals surface area contributed by atoms with Crippen LogP contribution in [0.2, 0.25) is 0 Å². The number of carbonyl (C=O) groups excluding carboxylic acids is 1. The molecule has 1 rings (SSSR count). The van der Waals surface area contributed by atoms with E-state index in [1.807, 2.05) is 0 Å². The fraction of sp³-hybridized carbons (Fsp3) is 0.400. The molecule has 1 aliphatic carbocycles. The molecule has 0 spiro atoms. The summed E-state index contributed by atoms with van der Waals surface area (Å²) in [7, 11) is 4.23. The summed E-state index contributed by atoms with van der Waals surface area (Å²) in [6.07, 6.45) is 5.96. The Labute approximate surface area is 88.0 Å². The molecule has 0 fully saturated rings. The van der Waals surface area contributed by atoms with E-state index in [4.69, 9.17) is 9.47 Å². The normalized spacial score (nSPS) is 21.8. The minimum Gasteiger partial charge on any atom is -0.399 e. The molecule has 5 nitrogen and oxygen atoms in total. The largest absolute Gasteiger partial charge is 0.399 e. The van der Waals surface area contributed by atoms with Gasteiger partial charge in [-0.25, -0.2) is 0 Å². The Morgan fingerprint density at radius 3 is 2.33 bits per heavy atom. The van der Waals surface area contributed by atoms with E-state index in [0.717, 1.165) is 0 Å². The van der Waals surface area contributed by atoms with Crippen LogP contribution in [0.4, 0.5) is 0 Å². The summed E-state index contributed by atoms with van der Waals surface area (Å²) in [5.74, 6) is -1.66. The van der Waals surface area contributed by atoms with Crippen LogP contribution in [0.15, 0.2) is 29.5 Å². The number of methoxy groups -OCH3 is 2. The highest BCUT2D eigenvalue weighted by atomic mass is 16.7. The third-order valence-corrected chi connectivity index (χ3v) is 2.03. The Bertz CT molecular complexity index is 326. The summed E-state index contributed by atoms with van der Waals surface area (Å²) in [5, 5.41) is 3.69. The maximum absolute atomic E-state index is 11.7. The van der Waals surface area contributed by atoms with E-state index in [2.05, 4.69) is 9.99 Å². The number of carbonyl (C=O) groups is 1. The van der Waals surface area contributed by atoms with E-state index in [1.54, 1.807) is 6.08 Å². The summed E-state index contributed by atoms with van der Waals surface area (Å²) in [6, 6.07) is 0. The summed E-state index contributed by atoms with van der Waals surface area (Å²) in [5.41, 5.74) is 0.516. The molecule has 0 saturated carbocycles. The van der Waals surface area contributed by atoms with Crippen LogP contribution in [-0.4, -0.2) is 38.6 Å². The average molecular weight is 211 g/mol. The molecular formula is C10H13NO4. The third kappa shape index (κ3) is 2.31. The van der Waals surface area contributed by atoms with Crippen molar-refractivity contribution in [1.82, 2.24) is 0 Å². The standard InChI is InChI=1S/C10H13NO4/c1-13-10(14-2)7-6-8(11-15-3)4-5-9(10)12/h4-7H,1-3H3/b11-8-. The van der Waals surface area contributed by atoms with E-state index in [1.165, 1.54) is 39.6 Å². The SMILES string of the molecule is CO/N=C1/C=CC(=O)C(OC)(OC)C=C1. The highest BCUT2D eigenvalue weighted by Gasteiger charge is 2.35. The van der Waals surface area contributed by atoms with Crippen molar-refractivity contribution < 1.29 is 19.1 Å². The summed E-state index contributed by atoms with van der Waals surface area (Å²) >= 11 is 0. The molecule has 1 aliphatic rings. The van der Waals surface area contributed by atoms with Crippen molar-refractivity contribution in [3.05, 3.63) is 24.3 Å². The fourth-order valence-electron chi connectivity index (χ4n) is 1.20. The highest BCUT2D eigenvalue weighted by molar-refractivity contribution is 6.11. The zero-order valence-electron chi connectivity index (χ0n) is 8.89. The molecule has 0 radical (unpaired) electrons. The minimum atomic E-state index is -1.36. The third-order valence-electron chi connectivity index (χ3n) is 2.03. The predicted octanol–water partition coefficient (Wildman–Crippen LogP) is 0.673. The van der Waals surface area contributed by atoms with Crippen LogP contribution in [0.5, 0.6) is 0 Å². The first kappa shape index (κ1) is 11.6. The molecule has 0 heterocycles. The quantitative estimate of drug-likeness (QED) is 0.508. The minimum absolute atomic E-state index is 0.301. The van der Waals surface area contributed by atoms with Crippen LogP contribution < -0.4 is 0 Å². The molecule has 0 aliphatic heterocycles. The average Bonchev–Trinajstić information content (AvgIpc) is 2.41. The second-order valence-corrected chi connectivity index (χ2v) is 2.81. The monoisotopic (exact) mass is 211 g/mol. The zero-order valence-corrected chi connectivity index (χ0v) is 8.89. The Kier molecular flexibility index (Phi) is 3.76. The van der Waals surface area contributed by atoms with Gasteiger partial charge in [-0.3, -0.25) is 4.79 Å². The van der Waals surface area contributed by atoms with Crippen molar-refractivity contribution in [3.8, 4) is 0 Å². The van der Waals surface area contributed by atoms with Gasteiger partial charge < -0.3 is 14.3 Å². The lowest BCUT2D eigenvalue weighted by atomic mass is 10.1. The topological polar surface area (TPSA) is 57.1 Å². The van der Waals surface area contributed by atoms with Gasteiger partial charge in [-0.05, 0) is 24.3 Å². The van der Waals surface area contributed by atoms with E-state index in [9.17, 15) is 4.79 Å². The van der Waals surface area contributed by atoms with Crippen molar-refractivity contribution >= 4 is 11.5 Å². The van der Waals surface area contributed by atoms with Gasteiger partial charge in [-0.2, -0.15) is 0 Å². The number of hydrogen-bond acceptors (Lipinski definition) is 5. The molecule has 0 bridgehead atoms. The predicted molar refractivity (Wildman–Crippen MR) is 54.5 cm³/mol. The van der Waals surface area contributed by atoms with Gasteiger partial charge in [0.25, 0.3) is 5.79 Å². The molecule has 15 heavy (non-hydrogen) atoms. The van der Waals surface area contributed by atoms with E-state index in [0.29, 0.717) is 5.71 Å². The van der Waals surface area contributed by atoms with Gasteiger partial charge in [-0.1, -0.05) is 5.16 Å². The van der Waals surface area contributed by atoms with Gasteiger partial charge in [0, 0.05) is 14.2 Å². The number of hydrogen-bond donors (Lipinski definition) is 0. The molecule has 5 heteroatoms. The van der Waals surface area contributed by atoms with Gasteiger partial charge in [0.15, 0.2) is 0 Å². The first-order valence-corrected chi connectivity index (χ1v) is 4.31. The van der Waals surface area contributed by atoms with Crippen LogP contribution >= 0.6 is 0 Å². The van der Waals surface area contributed by atoms with Crippen LogP contribution in [0.25, 0.3) is 0 Å². The number of allylic oxidation sites excluding steroid dienone is 2. The maximum atomic E-state index is 11.7. The van der Waals surface area contributed by atoms with Gasteiger partial charge in [0.05, 0.1) is 0 Å². The molecule has 0 unspecified atom stereocenters. The van der Waals surface area contributed by atoms with E-state index < -0.39 is 5.79 Å². The van der Waals surface area contributed by atoms with Crippen LogP contribution in [0.3, 0.4) is 0 Å². The summed E-state index contributed by atoms with van der Waals surface area (Å²) < 4.78 is 10.1. The van der Waals surface area contributed by atoms with Crippen LogP contribution in [-0.2, 0) is 19.1 Å². The number of rotatable bonds is 3. The second-order valence-electron chi connectivity index (χ2n) is 2.81. The first-order valence-electron chi connectivity index (χ1n) is 4.31. The van der Waals surface area contributed by atoms with Crippen molar-refractivity contribution in [3.63, 3.8) is 0 Å². The zero-order chi connectivity index (χ0) is 11.3. The number of ketones is 1. The highest BCUT2D eigenvalue weighted by Crippen LogP contribution is 2.18. The number of ether oxygens (including phenoxy) is 2. The van der Waals surface area contributed by atoms with Crippen molar-refractivity contribution in [2.24, 2.45) is 5.16 Å². The molecule has 0 saturated heterocycles. The summed E-state index contributed by atoms with van der Waals surface area (Å²) in [4.78, 5) is 16.3. The maximum Gasteiger partial charge on any atom is 0.253 e. The Balaban J connectivity index is 3.07. The van der Waals surface area contributed by atoms with Gasteiger partial charge in [0.1, 0.15) is 12.8 Å². The van der Waals surface area contributed by atoms with Crippen molar-refractivity contribution in [2.45, 2.75) is 5.79 Å². The molecule has 0 aromatic carbocycles. The lowest BCUT2D eigenvalue weighted by molar-refractivity contribution is -0.180. The Hall–Kier alpha value is -1.46. The fourth-order valence-corrected chi connectivity index (χ4v) is 1.20. The van der Waals surface area contributed by atoms with E-state index in [-0.39, 0.29) is 5.78 Å². The second kappa shape index (κ2) is 4.86. The number of oxime groups is 1. The molecule has 0 aromatic heterocycles. The Morgan fingerprint density at radius 1 is 1.13 bits per heavy atom. The van der Waals surface area contributed by atoms with Crippen molar-refractivity contribution in [1.29, 1.82) is 0 Å². The van der Waals surface area contributed by atoms with Crippen molar-refractivity contribution in [2.75, 3.05) is 21.3 Å².